The molecule has 1 saturated carbocycles. The minimum atomic E-state index is -4.47. The smallest absolute Gasteiger partial charge is 0.394 e. The van der Waals surface area contributed by atoms with Crippen LogP contribution >= 0.6 is 11.6 Å². The van der Waals surface area contributed by atoms with Gasteiger partial charge in [-0.3, -0.25) is 4.79 Å². The van der Waals surface area contributed by atoms with E-state index in [9.17, 15) is 30.8 Å². The minimum Gasteiger partial charge on any atom is -0.477 e. The van der Waals surface area contributed by atoms with Crippen molar-refractivity contribution in [3.05, 3.63) is 59.3 Å². The zero-order chi connectivity index (χ0) is 25.4. The highest BCUT2D eigenvalue weighted by Gasteiger charge is 2.62. The summed E-state index contributed by atoms with van der Waals surface area (Å²) in [5.41, 5.74) is -1.97. The zero-order valence-electron chi connectivity index (χ0n) is 17.6. The Morgan fingerprint density at radius 3 is 2.54 bits per heavy atom. The fourth-order valence-electron chi connectivity index (χ4n) is 3.18. The molecular weight excluding hydrogens is 518 g/mol. The fraction of sp³-hybridized carbons (Fsp3) is 0.300. The zero-order valence-corrected chi connectivity index (χ0v) is 19.2. The van der Waals surface area contributed by atoms with E-state index in [1.165, 1.54) is 29.1 Å². The standard InChI is InChI=1S/C20H16ClF4N5O4S/c21-17-12(18(31)29-35(32,33)16-3-1-2-13(22)26-16)4-5-14(27-17)30-10-6-15(28-30)34-11-9-19(7-8-19)20(23,24)25/h1-6,10H,7-9,11H2,(H,29,31). The Bertz CT molecular complexity index is 1380. The molecule has 0 atom stereocenters. The summed E-state index contributed by atoms with van der Waals surface area (Å²) in [7, 11) is -4.47. The largest absolute Gasteiger partial charge is 0.477 e. The van der Waals surface area contributed by atoms with Crippen molar-refractivity contribution in [2.24, 2.45) is 5.41 Å². The van der Waals surface area contributed by atoms with Crippen LogP contribution in [0, 0.1) is 11.4 Å². The van der Waals surface area contributed by atoms with Crippen LogP contribution in [0.3, 0.4) is 0 Å². The van der Waals surface area contributed by atoms with Crippen molar-refractivity contribution >= 4 is 27.5 Å². The van der Waals surface area contributed by atoms with Crippen LogP contribution in [0.25, 0.3) is 5.82 Å². The van der Waals surface area contributed by atoms with Crippen LogP contribution < -0.4 is 9.46 Å². The number of carbonyl (C=O) groups is 1. The third-order valence-electron chi connectivity index (χ3n) is 5.36. The molecule has 0 aliphatic heterocycles. The number of hydrogen-bond donors (Lipinski definition) is 1. The molecule has 35 heavy (non-hydrogen) atoms. The van der Waals surface area contributed by atoms with Gasteiger partial charge in [0.2, 0.25) is 11.8 Å². The normalized spacial score (nSPS) is 15.0. The van der Waals surface area contributed by atoms with E-state index < -0.39 is 38.5 Å². The molecule has 0 bridgehead atoms. The van der Waals surface area contributed by atoms with Crippen LogP contribution in [0.15, 0.2) is 47.6 Å². The van der Waals surface area contributed by atoms with Gasteiger partial charge in [0.1, 0.15) is 5.15 Å². The number of sulfonamides is 1. The lowest BCUT2D eigenvalue weighted by atomic mass is 10.0. The molecule has 0 unspecified atom stereocenters. The maximum atomic E-state index is 13.2. The molecule has 3 aromatic rings. The number of pyridine rings is 2. The molecule has 3 heterocycles. The van der Waals surface area contributed by atoms with Crippen molar-refractivity contribution in [2.75, 3.05) is 6.61 Å². The van der Waals surface area contributed by atoms with Gasteiger partial charge in [0.25, 0.3) is 15.9 Å². The van der Waals surface area contributed by atoms with E-state index in [0.29, 0.717) is 0 Å². The van der Waals surface area contributed by atoms with Gasteiger partial charge in [-0.25, -0.2) is 19.4 Å². The molecule has 1 aliphatic carbocycles. The number of alkyl halides is 3. The molecule has 1 aliphatic rings. The van der Waals surface area contributed by atoms with E-state index in [2.05, 4.69) is 15.1 Å². The van der Waals surface area contributed by atoms with Gasteiger partial charge in [0.15, 0.2) is 10.8 Å². The van der Waals surface area contributed by atoms with E-state index in [0.717, 1.165) is 18.2 Å². The fourth-order valence-corrected chi connectivity index (χ4v) is 4.34. The maximum Gasteiger partial charge on any atom is 0.394 e. The summed E-state index contributed by atoms with van der Waals surface area (Å²) in [4.78, 5) is 19.6. The van der Waals surface area contributed by atoms with Crippen LogP contribution in [-0.4, -0.2) is 46.9 Å². The number of amides is 1. The number of hydrogen-bond acceptors (Lipinski definition) is 7. The van der Waals surface area contributed by atoms with Gasteiger partial charge in [-0.1, -0.05) is 17.7 Å². The number of ether oxygens (including phenoxy) is 1. The van der Waals surface area contributed by atoms with E-state index in [1.54, 1.807) is 4.72 Å². The number of halogens is 5. The highest BCUT2D eigenvalue weighted by atomic mass is 35.5. The van der Waals surface area contributed by atoms with Gasteiger partial charge in [-0.15, -0.1) is 5.10 Å². The molecule has 0 saturated heterocycles. The van der Waals surface area contributed by atoms with Crippen molar-refractivity contribution in [1.29, 1.82) is 0 Å². The van der Waals surface area contributed by atoms with Gasteiger partial charge < -0.3 is 4.74 Å². The van der Waals surface area contributed by atoms with E-state index in [-0.39, 0.29) is 48.3 Å². The third kappa shape index (κ3) is 5.37. The van der Waals surface area contributed by atoms with Gasteiger partial charge in [0, 0.05) is 12.3 Å². The summed E-state index contributed by atoms with van der Waals surface area (Å²) < 4.78 is 85.0. The average molecular weight is 534 g/mol. The number of rotatable bonds is 8. The lowest BCUT2D eigenvalue weighted by molar-refractivity contribution is -0.190. The number of carbonyl (C=O) groups excluding carboxylic acids is 1. The van der Waals surface area contributed by atoms with E-state index in [1.807, 2.05) is 0 Å². The lowest BCUT2D eigenvalue weighted by Gasteiger charge is -2.18. The SMILES string of the molecule is O=C(NS(=O)(=O)c1cccc(F)n1)c1ccc(-n2ccc(OCCC3(C(F)(F)F)CC3)n2)nc1Cl. The predicted molar refractivity (Wildman–Crippen MR) is 113 cm³/mol. The first-order chi connectivity index (χ1) is 16.4. The molecule has 0 spiro atoms. The van der Waals surface area contributed by atoms with Crippen LogP contribution in [0.1, 0.15) is 29.6 Å². The first kappa shape index (κ1) is 24.9. The number of nitrogens with zero attached hydrogens (tertiary/aromatic N) is 4. The molecular formula is C20H16ClF4N5O4S. The van der Waals surface area contributed by atoms with E-state index >= 15 is 0 Å². The summed E-state index contributed by atoms with van der Waals surface area (Å²) in [6.45, 7) is -0.168. The van der Waals surface area contributed by atoms with Crippen molar-refractivity contribution in [1.82, 2.24) is 24.5 Å². The molecule has 186 valence electrons. The summed E-state index contributed by atoms with van der Waals surface area (Å²) in [6.07, 6.45) is -2.86. The molecule has 1 fully saturated rings. The summed E-state index contributed by atoms with van der Waals surface area (Å²) in [6, 6.07) is 6.99. The number of nitrogens with one attached hydrogen (secondary N) is 1. The molecule has 1 N–H and O–H groups in total. The van der Waals surface area contributed by atoms with Crippen molar-refractivity contribution in [3.8, 4) is 11.7 Å². The predicted octanol–water partition coefficient (Wildman–Crippen LogP) is 3.68. The molecule has 0 radical (unpaired) electrons. The second-order valence-electron chi connectivity index (χ2n) is 7.72. The highest BCUT2D eigenvalue weighted by molar-refractivity contribution is 7.90. The molecule has 1 amide bonds. The van der Waals surface area contributed by atoms with Crippen LogP contribution in [0.5, 0.6) is 5.88 Å². The molecule has 4 rings (SSSR count). The first-order valence-corrected chi connectivity index (χ1v) is 11.9. The topological polar surface area (TPSA) is 116 Å². The monoisotopic (exact) mass is 533 g/mol. The van der Waals surface area contributed by atoms with Crippen molar-refractivity contribution in [2.45, 2.75) is 30.5 Å². The van der Waals surface area contributed by atoms with E-state index in [4.69, 9.17) is 16.3 Å². The van der Waals surface area contributed by atoms with Gasteiger partial charge >= 0.3 is 6.18 Å². The Morgan fingerprint density at radius 2 is 1.91 bits per heavy atom. The Morgan fingerprint density at radius 1 is 1.17 bits per heavy atom. The van der Waals surface area contributed by atoms with Gasteiger partial charge in [-0.05, 0) is 43.5 Å². The van der Waals surface area contributed by atoms with Crippen molar-refractivity contribution in [3.63, 3.8) is 0 Å². The van der Waals surface area contributed by atoms with Gasteiger partial charge in [-0.2, -0.15) is 26.0 Å². The molecule has 15 heteroatoms. The van der Waals surface area contributed by atoms with Crippen LogP contribution in [0.4, 0.5) is 17.6 Å². The number of aromatic nitrogens is 4. The lowest BCUT2D eigenvalue weighted by Crippen LogP contribution is -2.31. The summed E-state index contributed by atoms with van der Waals surface area (Å²) in [5, 5.41) is 3.00. The second-order valence-corrected chi connectivity index (χ2v) is 9.70. The third-order valence-corrected chi connectivity index (χ3v) is 6.88. The van der Waals surface area contributed by atoms with Crippen molar-refractivity contribution < 1.29 is 35.5 Å². The average Bonchev–Trinajstić information content (AvgIpc) is 3.43. The Kier molecular flexibility index (Phi) is 6.44. The molecule has 0 aromatic carbocycles. The Hall–Kier alpha value is -3.26. The summed E-state index contributed by atoms with van der Waals surface area (Å²) >= 11 is 6.04. The second kappa shape index (κ2) is 9.07. The molecule has 9 nitrogen and oxygen atoms in total. The summed E-state index contributed by atoms with van der Waals surface area (Å²) in [5.74, 6) is -1.97. The highest BCUT2D eigenvalue weighted by Crippen LogP contribution is 2.59. The maximum absolute atomic E-state index is 13.2. The van der Waals surface area contributed by atoms with Crippen LogP contribution in [-0.2, 0) is 10.0 Å². The Balaban J connectivity index is 1.41. The first-order valence-electron chi connectivity index (χ1n) is 10.0. The molecule has 3 aromatic heterocycles. The van der Waals surface area contributed by atoms with Gasteiger partial charge in [0.05, 0.1) is 17.6 Å². The minimum absolute atomic E-state index is 0.0661. The quantitative estimate of drug-likeness (QED) is 0.347. The Labute approximate surface area is 201 Å². The van der Waals surface area contributed by atoms with Crippen LogP contribution in [0.2, 0.25) is 5.15 Å².